The number of aromatic nitrogens is 1. The Kier molecular flexibility index (Phi) is 6.49. The highest BCUT2D eigenvalue weighted by atomic mass is 32.2. The number of benzene rings is 1. The number of fused-ring (bicyclic) bond motifs is 1. The van der Waals surface area contributed by atoms with Gasteiger partial charge in [0.05, 0.1) is 11.6 Å². The summed E-state index contributed by atoms with van der Waals surface area (Å²) in [6, 6.07) is 6.89. The number of hydrogen-bond donors (Lipinski definition) is 2. The molecule has 0 radical (unpaired) electrons. The van der Waals surface area contributed by atoms with Crippen molar-refractivity contribution in [2.75, 3.05) is 5.75 Å². The topological polar surface area (TPSA) is 88.8 Å². The minimum atomic E-state index is -1.06. The summed E-state index contributed by atoms with van der Waals surface area (Å²) >= 11 is 1.12. The number of carbonyl (C=O) groups excluding carboxylic acids is 2. The molecule has 6 nitrogen and oxygen atoms in total. The zero-order valence-corrected chi connectivity index (χ0v) is 16.2. The van der Waals surface area contributed by atoms with Crippen molar-refractivity contribution in [3.8, 4) is 0 Å². The largest absolute Gasteiger partial charge is 0.443 e. The van der Waals surface area contributed by atoms with Gasteiger partial charge in [0.2, 0.25) is 0 Å². The van der Waals surface area contributed by atoms with E-state index in [0.717, 1.165) is 17.1 Å². The molecule has 0 saturated carbocycles. The maximum atomic E-state index is 12.3. The number of aliphatic hydroxyl groups is 2. The van der Waals surface area contributed by atoms with Gasteiger partial charge in [0, 0.05) is 24.3 Å². The van der Waals surface area contributed by atoms with Crippen molar-refractivity contribution in [3.63, 3.8) is 0 Å². The molecule has 26 heavy (non-hydrogen) atoms. The molecular formula is C19H25NO5S. The Morgan fingerprint density at radius 2 is 1.92 bits per heavy atom. The van der Waals surface area contributed by atoms with E-state index in [1.54, 1.807) is 51.2 Å². The summed E-state index contributed by atoms with van der Waals surface area (Å²) in [6.45, 7) is 6.88. The van der Waals surface area contributed by atoms with Crippen LogP contribution in [0.2, 0.25) is 0 Å². The van der Waals surface area contributed by atoms with Gasteiger partial charge < -0.3 is 14.9 Å². The van der Waals surface area contributed by atoms with Crippen LogP contribution in [0.1, 0.15) is 45.8 Å². The molecule has 2 aromatic rings. The standard InChI is InChI=1S/C19H25NO5S/c1-12(21)26-10-8-16(22)17(23)14-5-6-15-13(11-14)7-9-20(15)18(24)25-19(2,3)4/h5-7,9,11,16-17,22-23H,8,10H2,1-4H3. The Hall–Kier alpha value is -1.83. The van der Waals surface area contributed by atoms with Crippen LogP contribution < -0.4 is 0 Å². The molecule has 0 spiro atoms. The maximum Gasteiger partial charge on any atom is 0.418 e. The highest BCUT2D eigenvalue weighted by molar-refractivity contribution is 8.13. The summed E-state index contributed by atoms with van der Waals surface area (Å²) < 4.78 is 6.79. The van der Waals surface area contributed by atoms with Gasteiger partial charge in [-0.3, -0.25) is 9.36 Å². The minimum absolute atomic E-state index is 0.0170. The summed E-state index contributed by atoms with van der Waals surface area (Å²) in [7, 11) is 0. The molecule has 142 valence electrons. The van der Waals surface area contributed by atoms with Gasteiger partial charge in [0.15, 0.2) is 5.12 Å². The second kappa shape index (κ2) is 8.24. The van der Waals surface area contributed by atoms with Crippen LogP contribution in [0.5, 0.6) is 0 Å². The predicted molar refractivity (Wildman–Crippen MR) is 102 cm³/mol. The minimum Gasteiger partial charge on any atom is -0.443 e. The van der Waals surface area contributed by atoms with Crippen LogP contribution in [0.3, 0.4) is 0 Å². The Morgan fingerprint density at radius 1 is 1.23 bits per heavy atom. The average molecular weight is 379 g/mol. The summed E-state index contributed by atoms with van der Waals surface area (Å²) in [5, 5.41) is 21.2. The first kappa shape index (κ1) is 20.5. The van der Waals surface area contributed by atoms with Gasteiger partial charge in [-0.15, -0.1) is 0 Å². The fourth-order valence-corrected chi connectivity index (χ4v) is 3.17. The van der Waals surface area contributed by atoms with E-state index < -0.39 is 23.9 Å². The van der Waals surface area contributed by atoms with Crippen LogP contribution in [0.4, 0.5) is 4.79 Å². The molecule has 0 amide bonds. The third-order valence-corrected chi connectivity index (χ3v) is 4.58. The quantitative estimate of drug-likeness (QED) is 0.827. The van der Waals surface area contributed by atoms with Gasteiger partial charge in [-0.1, -0.05) is 17.8 Å². The zero-order chi connectivity index (χ0) is 19.5. The first-order chi connectivity index (χ1) is 12.1. The molecule has 2 atom stereocenters. The lowest BCUT2D eigenvalue weighted by atomic mass is 10.0. The van der Waals surface area contributed by atoms with E-state index in [1.165, 1.54) is 11.5 Å². The van der Waals surface area contributed by atoms with Crippen molar-refractivity contribution in [1.82, 2.24) is 4.57 Å². The molecule has 0 bridgehead atoms. The van der Waals surface area contributed by atoms with Gasteiger partial charge in [-0.05, 0) is 51.0 Å². The van der Waals surface area contributed by atoms with Gasteiger partial charge >= 0.3 is 6.09 Å². The fraction of sp³-hybridized carbons (Fsp3) is 0.474. The first-order valence-corrected chi connectivity index (χ1v) is 9.41. The SMILES string of the molecule is CC(=O)SCCC(O)C(O)c1ccc2c(ccn2C(=O)OC(C)(C)C)c1. The van der Waals surface area contributed by atoms with Gasteiger partial charge in [-0.25, -0.2) is 4.79 Å². The number of carbonyl (C=O) groups is 2. The number of aliphatic hydroxyl groups excluding tert-OH is 2. The monoisotopic (exact) mass is 379 g/mol. The molecule has 0 saturated heterocycles. The van der Waals surface area contributed by atoms with Crippen LogP contribution >= 0.6 is 11.8 Å². The first-order valence-electron chi connectivity index (χ1n) is 8.42. The van der Waals surface area contributed by atoms with Crippen LogP contribution in [-0.2, 0) is 9.53 Å². The number of hydrogen-bond acceptors (Lipinski definition) is 6. The Morgan fingerprint density at radius 3 is 2.54 bits per heavy atom. The van der Waals surface area contributed by atoms with Gasteiger partial charge in [-0.2, -0.15) is 0 Å². The average Bonchev–Trinajstić information content (AvgIpc) is 2.95. The van der Waals surface area contributed by atoms with Crippen molar-refractivity contribution in [2.45, 2.75) is 51.9 Å². The zero-order valence-electron chi connectivity index (χ0n) is 15.4. The van der Waals surface area contributed by atoms with Crippen molar-refractivity contribution in [1.29, 1.82) is 0 Å². The van der Waals surface area contributed by atoms with Crippen molar-refractivity contribution < 1.29 is 24.5 Å². The van der Waals surface area contributed by atoms with Crippen molar-refractivity contribution in [3.05, 3.63) is 36.0 Å². The molecule has 2 unspecified atom stereocenters. The molecule has 0 aliphatic heterocycles. The van der Waals surface area contributed by atoms with Gasteiger partial charge in [0.1, 0.15) is 11.7 Å². The molecule has 1 heterocycles. The maximum absolute atomic E-state index is 12.3. The van der Waals surface area contributed by atoms with Crippen LogP contribution in [-0.4, -0.2) is 43.4 Å². The lowest BCUT2D eigenvalue weighted by molar-refractivity contribution is -0.109. The third kappa shape index (κ3) is 5.33. The van der Waals surface area contributed by atoms with E-state index in [2.05, 4.69) is 0 Å². The van der Waals surface area contributed by atoms with E-state index in [9.17, 15) is 19.8 Å². The van der Waals surface area contributed by atoms with E-state index in [0.29, 0.717) is 23.3 Å². The molecule has 0 fully saturated rings. The predicted octanol–water partition coefficient (Wildman–Crippen LogP) is 3.49. The van der Waals surface area contributed by atoms with Gasteiger partial charge in [0.25, 0.3) is 0 Å². The van der Waals surface area contributed by atoms with E-state index >= 15 is 0 Å². The molecular weight excluding hydrogens is 354 g/mol. The Balaban J connectivity index is 2.14. The van der Waals surface area contributed by atoms with Crippen molar-refractivity contribution in [2.24, 2.45) is 0 Å². The number of nitrogens with zero attached hydrogens (tertiary/aromatic N) is 1. The highest BCUT2D eigenvalue weighted by Gasteiger charge is 2.21. The van der Waals surface area contributed by atoms with Crippen molar-refractivity contribution >= 4 is 33.9 Å². The van der Waals surface area contributed by atoms with E-state index in [-0.39, 0.29) is 5.12 Å². The highest BCUT2D eigenvalue weighted by Crippen LogP contribution is 2.26. The molecule has 1 aromatic carbocycles. The van der Waals surface area contributed by atoms with Crippen LogP contribution in [0.25, 0.3) is 10.9 Å². The third-order valence-electron chi connectivity index (χ3n) is 3.73. The normalized spacial score (nSPS) is 14.2. The Labute approximate surface area is 157 Å². The lowest BCUT2D eigenvalue weighted by Gasteiger charge is -2.20. The summed E-state index contributed by atoms with van der Waals surface area (Å²) in [4.78, 5) is 23.2. The number of thioether (sulfide) groups is 1. The number of ether oxygens (including phenoxy) is 1. The second-order valence-electron chi connectivity index (χ2n) is 7.13. The molecule has 1 aromatic heterocycles. The Bertz CT molecular complexity index is 793. The fourth-order valence-electron chi connectivity index (χ4n) is 2.52. The van der Waals surface area contributed by atoms with Crippen LogP contribution in [0.15, 0.2) is 30.5 Å². The summed E-state index contributed by atoms with van der Waals surface area (Å²) in [5.74, 6) is 0.449. The molecule has 0 aliphatic rings. The second-order valence-corrected chi connectivity index (χ2v) is 8.40. The lowest BCUT2D eigenvalue weighted by Crippen LogP contribution is -2.26. The molecule has 0 aliphatic carbocycles. The van der Waals surface area contributed by atoms with Crippen LogP contribution in [0, 0.1) is 0 Å². The van der Waals surface area contributed by atoms with E-state index in [4.69, 9.17) is 4.74 Å². The number of rotatable bonds is 5. The smallest absolute Gasteiger partial charge is 0.418 e. The molecule has 2 rings (SSSR count). The molecule has 2 N–H and O–H groups in total. The summed E-state index contributed by atoms with van der Waals surface area (Å²) in [5.41, 5.74) is 0.628. The summed E-state index contributed by atoms with van der Waals surface area (Å²) in [6.07, 6.45) is -0.567. The van der Waals surface area contributed by atoms with E-state index in [1.807, 2.05) is 0 Å². The molecule has 7 heteroatoms.